The number of rotatable bonds is 8. The summed E-state index contributed by atoms with van der Waals surface area (Å²) in [6, 6.07) is 83.9. The number of benzene rings is 10. The van der Waals surface area contributed by atoms with Crippen molar-refractivity contribution in [3.05, 3.63) is 253 Å². The number of aryl methyl sites for hydroxylation is 4. The molecule has 4 nitrogen and oxygen atoms in total. The van der Waals surface area contributed by atoms with Gasteiger partial charge in [0.15, 0.2) is 5.82 Å². The zero-order chi connectivity index (χ0) is 48.5. The molecule has 4 heteroatoms. The van der Waals surface area contributed by atoms with Crippen molar-refractivity contribution in [1.29, 1.82) is 0 Å². The molecule has 0 amide bonds. The van der Waals surface area contributed by atoms with Gasteiger partial charge in [0, 0.05) is 49.4 Å². The summed E-state index contributed by atoms with van der Waals surface area (Å²) < 4.78 is 4.95. The minimum Gasteiger partial charge on any atom is -0.309 e. The normalized spacial score (nSPS) is 11.6. The first-order chi connectivity index (χ1) is 35.4. The molecule has 0 unspecified atom stereocenters. The Morgan fingerprint density at radius 1 is 0.292 bits per heavy atom. The summed E-state index contributed by atoms with van der Waals surface area (Å²) in [7, 11) is 0. The molecule has 0 saturated heterocycles. The summed E-state index contributed by atoms with van der Waals surface area (Å²) in [5, 5.41) is 4.82. The zero-order valence-electron chi connectivity index (χ0n) is 40.7. The van der Waals surface area contributed by atoms with E-state index < -0.39 is 0 Å². The van der Waals surface area contributed by atoms with E-state index in [2.05, 4.69) is 261 Å². The third-order valence-corrected chi connectivity index (χ3v) is 14.5. The quantitative estimate of drug-likeness (QED) is 0.152. The highest BCUT2D eigenvalue weighted by atomic mass is 15.0. The fraction of sp³-hybridized carbons (Fsp3) is 0.0588. The first kappa shape index (κ1) is 42.9. The third kappa shape index (κ3) is 7.22. The summed E-state index contributed by atoms with van der Waals surface area (Å²) in [6.07, 6.45) is 0. The van der Waals surface area contributed by atoms with Gasteiger partial charge < -0.3 is 9.13 Å². The van der Waals surface area contributed by atoms with Crippen LogP contribution in [0.1, 0.15) is 22.3 Å². The molecule has 13 rings (SSSR count). The molecule has 3 aromatic heterocycles. The van der Waals surface area contributed by atoms with E-state index in [1.54, 1.807) is 0 Å². The summed E-state index contributed by atoms with van der Waals surface area (Å²) in [4.78, 5) is 10.8. The Morgan fingerprint density at radius 2 is 0.764 bits per heavy atom. The van der Waals surface area contributed by atoms with Crippen LogP contribution in [0, 0.1) is 27.7 Å². The maximum Gasteiger partial charge on any atom is 0.160 e. The molecule has 0 saturated carbocycles. The van der Waals surface area contributed by atoms with Crippen molar-refractivity contribution in [2.45, 2.75) is 27.7 Å². The van der Waals surface area contributed by atoms with E-state index in [9.17, 15) is 0 Å². The molecule has 10 aromatic carbocycles. The molecule has 13 aromatic rings. The number of fused-ring (bicyclic) bond motifs is 6. The van der Waals surface area contributed by atoms with Crippen molar-refractivity contribution in [2.24, 2.45) is 0 Å². The molecular formula is C68H50N4. The van der Waals surface area contributed by atoms with Crippen LogP contribution in [0.2, 0.25) is 0 Å². The predicted molar refractivity (Wildman–Crippen MR) is 302 cm³/mol. The predicted octanol–water partition coefficient (Wildman–Crippen LogP) is 17.9. The molecule has 0 bridgehead atoms. The van der Waals surface area contributed by atoms with Crippen molar-refractivity contribution < 1.29 is 0 Å². The van der Waals surface area contributed by atoms with Gasteiger partial charge in [-0.25, -0.2) is 9.97 Å². The molecule has 0 aliphatic carbocycles. The largest absolute Gasteiger partial charge is 0.309 e. The van der Waals surface area contributed by atoms with Gasteiger partial charge in [0.2, 0.25) is 0 Å². The molecule has 72 heavy (non-hydrogen) atoms. The van der Waals surface area contributed by atoms with Crippen LogP contribution in [0.4, 0.5) is 0 Å². The van der Waals surface area contributed by atoms with Crippen LogP contribution < -0.4 is 0 Å². The number of para-hydroxylation sites is 3. The highest BCUT2D eigenvalue weighted by Crippen LogP contribution is 2.46. The van der Waals surface area contributed by atoms with Gasteiger partial charge in [-0.15, -0.1) is 0 Å². The molecule has 342 valence electrons. The smallest absolute Gasteiger partial charge is 0.160 e. The van der Waals surface area contributed by atoms with Crippen molar-refractivity contribution >= 4 is 43.6 Å². The maximum absolute atomic E-state index is 5.52. The van der Waals surface area contributed by atoms with Gasteiger partial charge in [-0.3, -0.25) is 0 Å². The maximum atomic E-state index is 5.52. The van der Waals surface area contributed by atoms with E-state index in [1.165, 1.54) is 66.1 Å². The van der Waals surface area contributed by atoms with Crippen molar-refractivity contribution in [2.75, 3.05) is 0 Å². The van der Waals surface area contributed by atoms with Gasteiger partial charge in [0.05, 0.1) is 44.8 Å². The Hall–Kier alpha value is -9.12. The highest BCUT2D eigenvalue weighted by molar-refractivity contribution is 6.13. The second kappa shape index (κ2) is 17.4. The van der Waals surface area contributed by atoms with Crippen LogP contribution >= 0.6 is 0 Å². The van der Waals surface area contributed by atoms with Crippen molar-refractivity contribution in [1.82, 2.24) is 19.1 Å². The second-order valence-corrected chi connectivity index (χ2v) is 19.2. The fourth-order valence-electron chi connectivity index (χ4n) is 11.2. The lowest BCUT2D eigenvalue weighted by Gasteiger charge is -2.22. The Bertz CT molecular complexity index is 4030. The Balaban J connectivity index is 1.15. The molecule has 0 spiro atoms. The summed E-state index contributed by atoms with van der Waals surface area (Å²) in [5.74, 6) is 0.675. The average molecular weight is 923 g/mol. The minimum absolute atomic E-state index is 0.675. The topological polar surface area (TPSA) is 35.6 Å². The lowest BCUT2D eigenvalue weighted by atomic mass is 9.93. The highest BCUT2D eigenvalue weighted by Gasteiger charge is 2.25. The molecule has 0 atom stereocenters. The average Bonchev–Trinajstić information content (AvgIpc) is 3.93. The van der Waals surface area contributed by atoms with Gasteiger partial charge in [-0.2, -0.15) is 0 Å². The molecule has 0 fully saturated rings. The third-order valence-electron chi connectivity index (χ3n) is 14.5. The van der Waals surface area contributed by atoms with E-state index in [4.69, 9.17) is 9.97 Å². The molecule has 0 N–H and O–H groups in total. The fourth-order valence-corrected chi connectivity index (χ4v) is 11.2. The van der Waals surface area contributed by atoms with Crippen molar-refractivity contribution in [3.8, 4) is 78.7 Å². The first-order valence-electron chi connectivity index (χ1n) is 24.8. The Labute approximate surface area is 419 Å². The lowest BCUT2D eigenvalue weighted by Crippen LogP contribution is -2.04. The van der Waals surface area contributed by atoms with E-state index in [0.717, 1.165) is 72.6 Å². The number of hydrogen-bond donors (Lipinski definition) is 0. The summed E-state index contributed by atoms with van der Waals surface area (Å²) in [6.45, 7) is 8.78. The summed E-state index contributed by atoms with van der Waals surface area (Å²) in [5.41, 5.74) is 23.5. The van der Waals surface area contributed by atoms with Crippen LogP contribution in [0.3, 0.4) is 0 Å². The number of aromatic nitrogens is 4. The number of hydrogen-bond acceptors (Lipinski definition) is 2. The van der Waals surface area contributed by atoms with E-state index in [1.807, 2.05) is 6.07 Å². The lowest BCUT2D eigenvalue weighted by molar-refractivity contribution is 1.15. The molecule has 0 aliphatic heterocycles. The zero-order valence-corrected chi connectivity index (χ0v) is 40.7. The molecule has 0 aliphatic rings. The van der Waals surface area contributed by atoms with Crippen LogP contribution in [-0.4, -0.2) is 19.1 Å². The van der Waals surface area contributed by atoms with Crippen LogP contribution in [0.25, 0.3) is 122 Å². The van der Waals surface area contributed by atoms with Crippen LogP contribution in [-0.2, 0) is 0 Å². The van der Waals surface area contributed by atoms with E-state index in [-0.39, 0.29) is 0 Å². The van der Waals surface area contributed by atoms with Crippen molar-refractivity contribution in [3.63, 3.8) is 0 Å². The minimum atomic E-state index is 0.675. The van der Waals surface area contributed by atoms with Crippen LogP contribution in [0.5, 0.6) is 0 Å². The molecule has 3 heterocycles. The van der Waals surface area contributed by atoms with Gasteiger partial charge >= 0.3 is 0 Å². The van der Waals surface area contributed by atoms with E-state index >= 15 is 0 Å². The van der Waals surface area contributed by atoms with Crippen LogP contribution in [0.15, 0.2) is 231 Å². The number of nitrogens with zero attached hydrogens (tertiary/aromatic N) is 4. The molecule has 0 radical (unpaired) electrons. The first-order valence-corrected chi connectivity index (χ1v) is 24.8. The monoisotopic (exact) mass is 922 g/mol. The Kier molecular flexibility index (Phi) is 10.4. The summed E-state index contributed by atoms with van der Waals surface area (Å²) >= 11 is 0. The van der Waals surface area contributed by atoms with E-state index in [0.29, 0.717) is 5.82 Å². The van der Waals surface area contributed by atoms with Gasteiger partial charge in [0.25, 0.3) is 0 Å². The van der Waals surface area contributed by atoms with Gasteiger partial charge in [-0.05, 0) is 116 Å². The SMILES string of the molecule is Cc1ccc(-c2ccc3c(c2)c2cc(-c4ccc(C)cc4C)ccc2n3-c2cccc(-c3cc(-c4ccccc4)nc(-c4ccccc4)n3)c2-c2ccccc2-n2c3ccccc3c3ccccc32)c(C)c1. The van der Waals surface area contributed by atoms with Gasteiger partial charge in [-0.1, -0.05) is 187 Å². The second-order valence-electron chi connectivity index (χ2n) is 19.2. The molecular weight excluding hydrogens is 873 g/mol. The Morgan fingerprint density at radius 3 is 1.36 bits per heavy atom. The van der Waals surface area contributed by atoms with Gasteiger partial charge in [0.1, 0.15) is 0 Å². The standard InChI is InChI=1S/C68H50N4/c1-43-30-34-51(45(3)38-43)49-32-36-64-57(40-49)58-41-50(52-35-31-44(2)39-46(52)4)33-37-65(58)72(64)66-29-17-25-55(60-42-59(47-18-7-5-8-19-47)69-68(70-60)48-20-9-6-10-21-48)67(66)56-24-13-16-28-63(56)71-61-26-14-11-22-53(61)54-23-12-15-27-62(54)71/h5-42H,1-4H3.